The molecule has 166 valence electrons. The van der Waals surface area contributed by atoms with Gasteiger partial charge in [-0.3, -0.25) is 9.69 Å². The van der Waals surface area contributed by atoms with Crippen molar-refractivity contribution in [1.82, 2.24) is 9.88 Å². The van der Waals surface area contributed by atoms with Crippen LogP contribution in [0.4, 0.5) is 11.5 Å². The summed E-state index contributed by atoms with van der Waals surface area (Å²) in [5.74, 6) is 1.09. The Hall–Kier alpha value is -3.38. The van der Waals surface area contributed by atoms with E-state index in [1.54, 1.807) is 12.3 Å². The topological polar surface area (TPSA) is 68.7 Å². The van der Waals surface area contributed by atoms with E-state index < -0.39 is 0 Å². The zero-order valence-corrected chi connectivity index (χ0v) is 18.7. The molecule has 3 aromatic rings. The van der Waals surface area contributed by atoms with E-state index in [2.05, 4.69) is 27.1 Å². The van der Waals surface area contributed by atoms with Gasteiger partial charge < -0.3 is 15.3 Å². The molecular formula is C26H30N4O2. The number of rotatable bonds is 6. The van der Waals surface area contributed by atoms with E-state index in [1.807, 2.05) is 61.5 Å². The summed E-state index contributed by atoms with van der Waals surface area (Å²) in [7, 11) is 2.14. The van der Waals surface area contributed by atoms with Crippen molar-refractivity contribution in [2.24, 2.45) is 0 Å². The molecule has 1 aliphatic rings. The molecule has 1 aliphatic heterocycles. The number of amides is 1. The average molecular weight is 431 g/mol. The Labute approximate surface area is 189 Å². The fourth-order valence-corrected chi connectivity index (χ4v) is 4.27. The third-order valence-corrected chi connectivity index (χ3v) is 6.04. The average Bonchev–Trinajstić information content (AvgIpc) is 2.79. The van der Waals surface area contributed by atoms with Gasteiger partial charge in [0, 0.05) is 49.2 Å². The van der Waals surface area contributed by atoms with Crippen molar-refractivity contribution in [3.05, 3.63) is 83.6 Å². The quantitative estimate of drug-likeness (QED) is 0.605. The Balaban J connectivity index is 1.34. The first-order chi connectivity index (χ1) is 15.5. The highest BCUT2D eigenvalue weighted by Crippen LogP contribution is 2.24. The maximum Gasteiger partial charge on any atom is 0.255 e. The number of hydrogen-bond acceptors (Lipinski definition) is 5. The highest BCUT2D eigenvalue weighted by atomic mass is 16.3. The Kier molecular flexibility index (Phi) is 6.71. The van der Waals surface area contributed by atoms with Crippen LogP contribution in [-0.4, -0.2) is 47.1 Å². The number of carbonyl (C=O) groups is 1. The number of pyridine rings is 1. The van der Waals surface area contributed by atoms with E-state index in [0.29, 0.717) is 17.4 Å². The molecule has 0 saturated carbocycles. The lowest BCUT2D eigenvalue weighted by molar-refractivity contribution is 0.102. The molecule has 6 heteroatoms. The number of aromatic nitrogens is 1. The van der Waals surface area contributed by atoms with E-state index in [-0.39, 0.29) is 5.91 Å². The number of phenolic OH excluding ortho intramolecular Hbond substituents is 1. The smallest absolute Gasteiger partial charge is 0.255 e. The maximum absolute atomic E-state index is 12.6. The molecule has 4 rings (SSSR count). The second-order valence-electron chi connectivity index (χ2n) is 8.53. The van der Waals surface area contributed by atoms with Crippen molar-refractivity contribution in [2.75, 3.05) is 30.4 Å². The lowest BCUT2D eigenvalue weighted by atomic mass is 10.0. The van der Waals surface area contributed by atoms with Gasteiger partial charge >= 0.3 is 0 Å². The van der Waals surface area contributed by atoms with E-state index in [4.69, 9.17) is 0 Å². The second-order valence-corrected chi connectivity index (χ2v) is 8.53. The molecule has 1 amide bonds. The number of phenols is 1. The lowest BCUT2D eigenvalue weighted by Crippen LogP contribution is -2.43. The zero-order valence-electron chi connectivity index (χ0n) is 18.7. The molecule has 1 aromatic heterocycles. The molecule has 2 aromatic carbocycles. The Morgan fingerprint density at radius 1 is 1.12 bits per heavy atom. The number of aromatic hydroxyl groups is 1. The molecule has 0 aliphatic carbocycles. The van der Waals surface area contributed by atoms with Gasteiger partial charge in [-0.1, -0.05) is 29.8 Å². The number of aryl methyl sites for hydroxylation is 1. The van der Waals surface area contributed by atoms with Gasteiger partial charge in [0.1, 0.15) is 11.6 Å². The molecule has 2 N–H and O–H groups in total. The van der Waals surface area contributed by atoms with Gasteiger partial charge in [-0.25, -0.2) is 4.98 Å². The van der Waals surface area contributed by atoms with Crippen LogP contribution in [0.3, 0.4) is 0 Å². The minimum absolute atomic E-state index is 0.113. The molecule has 32 heavy (non-hydrogen) atoms. The standard InChI is InChI=1S/C26H30N4O2/c1-19-5-3-7-21(15-19)26(32)28-22-9-12-27-25(17-22)30-13-10-23(11-14-30)29(2)18-20-6-4-8-24(31)16-20/h3-9,12,15-17,23,31H,10-11,13-14,18H2,1-2H3,(H,27,28,32). The highest BCUT2D eigenvalue weighted by molar-refractivity contribution is 6.04. The summed E-state index contributed by atoms with van der Waals surface area (Å²) >= 11 is 0. The van der Waals surface area contributed by atoms with Crippen LogP contribution in [0.1, 0.15) is 34.3 Å². The normalized spacial score (nSPS) is 14.5. The van der Waals surface area contributed by atoms with Gasteiger partial charge in [0.25, 0.3) is 5.91 Å². The lowest BCUT2D eigenvalue weighted by Gasteiger charge is -2.37. The van der Waals surface area contributed by atoms with Gasteiger partial charge in [0.05, 0.1) is 0 Å². The van der Waals surface area contributed by atoms with Crippen LogP contribution in [0.15, 0.2) is 66.9 Å². The predicted molar refractivity (Wildman–Crippen MR) is 128 cm³/mol. The number of nitrogens with one attached hydrogen (secondary N) is 1. The first-order valence-corrected chi connectivity index (χ1v) is 11.0. The van der Waals surface area contributed by atoms with Gasteiger partial charge in [-0.15, -0.1) is 0 Å². The van der Waals surface area contributed by atoms with Gasteiger partial charge in [-0.2, -0.15) is 0 Å². The maximum atomic E-state index is 12.6. The molecule has 0 spiro atoms. The molecule has 0 bridgehead atoms. The monoisotopic (exact) mass is 430 g/mol. The van der Waals surface area contributed by atoms with E-state index in [0.717, 1.165) is 55.1 Å². The molecular weight excluding hydrogens is 400 g/mol. The molecule has 6 nitrogen and oxygen atoms in total. The number of nitrogens with zero attached hydrogens (tertiary/aromatic N) is 3. The van der Waals surface area contributed by atoms with Gasteiger partial charge in [0.2, 0.25) is 0 Å². The summed E-state index contributed by atoms with van der Waals surface area (Å²) in [6.45, 7) is 4.62. The van der Waals surface area contributed by atoms with Crippen molar-refractivity contribution in [2.45, 2.75) is 32.4 Å². The van der Waals surface area contributed by atoms with Crippen LogP contribution in [0.25, 0.3) is 0 Å². The fourth-order valence-electron chi connectivity index (χ4n) is 4.27. The molecule has 1 fully saturated rings. The third kappa shape index (κ3) is 5.45. The fraction of sp³-hybridized carbons (Fsp3) is 0.308. The number of hydrogen-bond donors (Lipinski definition) is 2. The Morgan fingerprint density at radius 2 is 1.91 bits per heavy atom. The van der Waals surface area contributed by atoms with Crippen LogP contribution in [0.2, 0.25) is 0 Å². The van der Waals surface area contributed by atoms with Crippen LogP contribution >= 0.6 is 0 Å². The number of piperidine rings is 1. The van der Waals surface area contributed by atoms with Crippen molar-refractivity contribution >= 4 is 17.4 Å². The highest BCUT2D eigenvalue weighted by Gasteiger charge is 2.23. The molecule has 0 atom stereocenters. The van der Waals surface area contributed by atoms with Crippen molar-refractivity contribution in [3.8, 4) is 5.75 Å². The van der Waals surface area contributed by atoms with Gasteiger partial charge in [-0.05, 0) is 62.7 Å². The summed E-state index contributed by atoms with van der Waals surface area (Å²) in [6.07, 6.45) is 3.83. The molecule has 1 saturated heterocycles. The van der Waals surface area contributed by atoms with Crippen molar-refractivity contribution in [1.29, 1.82) is 0 Å². The van der Waals surface area contributed by atoms with Crippen molar-refractivity contribution in [3.63, 3.8) is 0 Å². The van der Waals surface area contributed by atoms with Crippen LogP contribution in [0, 0.1) is 6.92 Å². The minimum atomic E-state index is -0.113. The van der Waals surface area contributed by atoms with E-state index in [9.17, 15) is 9.90 Å². The molecule has 0 unspecified atom stereocenters. The van der Waals surface area contributed by atoms with E-state index in [1.165, 1.54) is 0 Å². The summed E-state index contributed by atoms with van der Waals surface area (Å²) in [4.78, 5) is 21.8. The number of carbonyl (C=O) groups excluding carboxylic acids is 1. The largest absolute Gasteiger partial charge is 0.508 e. The first-order valence-electron chi connectivity index (χ1n) is 11.0. The summed E-state index contributed by atoms with van der Waals surface area (Å²) in [5, 5.41) is 12.7. The second kappa shape index (κ2) is 9.83. The van der Waals surface area contributed by atoms with Crippen molar-refractivity contribution < 1.29 is 9.90 Å². The SMILES string of the molecule is Cc1cccc(C(=O)Nc2ccnc(N3CCC(N(C)Cc4cccc(O)c4)CC3)c2)c1. The molecule has 2 heterocycles. The Bertz CT molecular complexity index is 1080. The van der Waals surface area contributed by atoms with Gasteiger partial charge in [0.15, 0.2) is 0 Å². The minimum Gasteiger partial charge on any atom is -0.508 e. The van der Waals surface area contributed by atoms with E-state index >= 15 is 0 Å². The molecule has 0 radical (unpaired) electrons. The zero-order chi connectivity index (χ0) is 22.5. The summed E-state index contributed by atoms with van der Waals surface area (Å²) < 4.78 is 0. The van der Waals surface area contributed by atoms with Crippen LogP contribution < -0.4 is 10.2 Å². The first kappa shape index (κ1) is 21.8. The number of benzene rings is 2. The van der Waals surface area contributed by atoms with Crippen LogP contribution in [-0.2, 0) is 6.54 Å². The number of anilines is 2. The Morgan fingerprint density at radius 3 is 2.66 bits per heavy atom. The summed E-state index contributed by atoms with van der Waals surface area (Å²) in [5.41, 5.74) is 3.59. The third-order valence-electron chi connectivity index (χ3n) is 6.04. The predicted octanol–water partition coefficient (Wildman–Crippen LogP) is 4.45. The summed E-state index contributed by atoms with van der Waals surface area (Å²) in [6, 6.07) is 19.3. The van der Waals surface area contributed by atoms with Crippen LogP contribution in [0.5, 0.6) is 5.75 Å².